The molecule has 0 radical (unpaired) electrons. The second-order valence-electron chi connectivity index (χ2n) is 2.56. The number of urea groups is 1. The van der Waals surface area contributed by atoms with Gasteiger partial charge >= 0.3 is 6.03 Å². The molecule has 0 saturated heterocycles. The minimum absolute atomic E-state index is 0.186. The van der Waals surface area contributed by atoms with Gasteiger partial charge in [-0.15, -0.1) is 0 Å². The maximum atomic E-state index is 10.6. The van der Waals surface area contributed by atoms with E-state index in [1.165, 1.54) is 0 Å². The van der Waals surface area contributed by atoms with Crippen LogP contribution in [0.25, 0.3) is 0 Å². The predicted molar refractivity (Wildman–Crippen MR) is 47.0 cm³/mol. The Labute approximate surface area is 72.5 Å². The molecule has 0 aliphatic heterocycles. The lowest BCUT2D eigenvalue weighted by molar-refractivity contribution is 0.191. The Morgan fingerprint density at radius 2 is 2.17 bits per heavy atom. The molecule has 4 N–H and O–H groups in total. The second-order valence-corrected chi connectivity index (χ2v) is 2.56. The molecule has 0 saturated carbocycles. The number of aliphatic hydroxyl groups excluding tert-OH is 1. The first kappa shape index (κ1) is 11.2. The van der Waals surface area contributed by atoms with Crippen LogP contribution in [0.1, 0.15) is 6.92 Å². The lowest BCUT2D eigenvalue weighted by Crippen LogP contribution is -2.38. The topological polar surface area (TPSA) is 73.4 Å². The van der Waals surface area contributed by atoms with E-state index in [0.29, 0.717) is 19.6 Å². The molecule has 0 spiro atoms. The molecule has 0 aliphatic rings. The first-order chi connectivity index (χ1) is 5.66. The molecule has 0 aliphatic carbocycles. The SMILES string of the molecule is CNC(=O)NCCNCC(C)O. The van der Waals surface area contributed by atoms with Crippen LogP contribution in [0.5, 0.6) is 0 Å². The Kier molecular flexibility index (Phi) is 6.41. The zero-order chi connectivity index (χ0) is 9.40. The van der Waals surface area contributed by atoms with Crippen LogP contribution in [0.2, 0.25) is 0 Å². The molecule has 0 aromatic heterocycles. The Bertz CT molecular complexity index is 128. The van der Waals surface area contributed by atoms with Gasteiger partial charge in [0.05, 0.1) is 6.10 Å². The second kappa shape index (κ2) is 6.87. The van der Waals surface area contributed by atoms with Gasteiger partial charge in [-0.25, -0.2) is 4.79 Å². The first-order valence-electron chi connectivity index (χ1n) is 4.01. The fourth-order valence-electron chi connectivity index (χ4n) is 0.664. The van der Waals surface area contributed by atoms with E-state index in [1.807, 2.05) is 0 Å². The van der Waals surface area contributed by atoms with Crippen molar-refractivity contribution >= 4 is 6.03 Å². The highest BCUT2D eigenvalue weighted by Crippen LogP contribution is 1.72. The summed E-state index contributed by atoms with van der Waals surface area (Å²) in [6.45, 7) is 3.49. The zero-order valence-corrected chi connectivity index (χ0v) is 7.55. The molecular formula is C7H17N3O2. The number of hydrogen-bond donors (Lipinski definition) is 4. The van der Waals surface area contributed by atoms with Gasteiger partial charge in [-0.1, -0.05) is 0 Å². The van der Waals surface area contributed by atoms with E-state index >= 15 is 0 Å². The van der Waals surface area contributed by atoms with Gasteiger partial charge < -0.3 is 21.1 Å². The summed E-state index contributed by atoms with van der Waals surface area (Å²) in [7, 11) is 1.57. The Balaban J connectivity index is 3.05. The largest absolute Gasteiger partial charge is 0.392 e. The number of rotatable bonds is 5. The Morgan fingerprint density at radius 1 is 1.50 bits per heavy atom. The first-order valence-corrected chi connectivity index (χ1v) is 4.01. The van der Waals surface area contributed by atoms with Gasteiger partial charge in [0.1, 0.15) is 0 Å². The van der Waals surface area contributed by atoms with Crippen LogP contribution in [-0.4, -0.2) is 43.9 Å². The van der Waals surface area contributed by atoms with Crippen molar-refractivity contribution in [3.05, 3.63) is 0 Å². The van der Waals surface area contributed by atoms with Crippen LogP contribution >= 0.6 is 0 Å². The van der Waals surface area contributed by atoms with Crippen molar-refractivity contribution in [2.75, 3.05) is 26.7 Å². The van der Waals surface area contributed by atoms with Crippen molar-refractivity contribution in [3.8, 4) is 0 Å². The molecule has 1 unspecified atom stereocenters. The normalized spacial score (nSPS) is 12.2. The summed E-state index contributed by atoms with van der Waals surface area (Å²) in [5.74, 6) is 0. The fourth-order valence-corrected chi connectivity index (χ4v) is 0.664. The van der Waals surface area contributed by atoms with E-state index in [-0.39, 0.29) is 12.1 Å². The van der Waals surface area contributed by atoms with Crippen molar-refractivity contribution in [3.63, 3.8) is 0 Å². The summed E-state index contributed by atoms with van der Waals surface area (Å²) < 4.78 is 0. The molecule has 0 heterocycles. The summed E-state index contributed by atoms with van der Waals surface area (Å²) in [5.41, 5.74) is 0. The lowest BCUT2D eigenvalue weighted by Gasteiger charge is -2.07. The summed E-state index contributed by atoms with van der Waals surface area (Å²) in [5, 5.41) is 16.9. The van der Waals surface area contributed by atoms with Crippen molar-refractivity contribution in [1.82, 2.24) is 16.0 Å². The summed E-state index contributed by atoms with van der Waals surface area (Å²) in [6.07, 6.45) is -0.343. The van der Waals surface area contributed by atoms with E-state index in [0.717, 1.165) is 0 Å². The van der Waals surface area contributed by atoms with Crippen molar-refractivity contribution in [1.29, 1.82) is 0 Å². The van der Waals surface area contributed by atoms with Crippen LogP contribution in [0, 0.1) is 0 Å². The van der Waals surface area contributed by atoms with Gasteiger partial charge in [-0.2, -0.15) is 0 Å². The third kappa shape index (κ3) is 7.30. The molecule has 0 aromatic rings. The lowest BCUT2D eigenvalue weighted by atomic mass is 10.4. The molecule has 0 aromatic carbocycles. The molecular weight excluding hydrogens is 158 g/mol. The minimum atomic E-state index is -0.343. The number of nitrogens with one attached hydrogen (secondary N) is 3. The molecule has 0 fully saturated rings. The number of carbonyl (C=O) groups is 1. The van der Waals surface area contributed by atoms with Crippen LogP contribution in [-0.2, 0) is 0 Å². The Hall–Kier alpha value is -0.810. The van der Waals surface area contributed by atoms with E-state index in [9.17, 15) is 4.79 Å². The van der Waals surface area contributed by atoms with Gasteiger partial charge in [-0.3, -0.25) is 0 Å². The highest BCUT2D eigenvalue weighted by Gasteiger charge is 1.95. The molecule has 5 nitrogen and oxygen atoms in total. The van der Waals surface area contributed by atoms with Crippen LogP contribution in [0.15, 0.2) is 0 Å². The summed E-state index contributed by atoms with van der Waals surface area (Å²) >= 11 is 0. The van der Waals surface area contributed by atoms with Gasteiger partial charge in [0.2, 0.25) is 0 Å². The molecule has 72 valence electrons. The highest BCUT2D eigenvalue weighted by atomic mass is 16.3. The van der Waals surface area contributed by atoms with E-state index < -0.39 is 0 Å². The maximum absolute atomic E-state index is 10.6. The van der Waals surface area contributed by atoms with Gasteiger partial charge in [0.25, 0.3) is 0 Å². The molecule has 5 heteroatoms. The van der Waals surface area contributed by atoms with E-state index in [2.05, 4.69) is 16.0 Å². The maximum Gasteiger partial charge on any atom is 0.314 e. The fraction of sp³-hybridized carbons (Fsp3) is 0.857. The molecule has 0 bridgehead atoms. The number of amides is 2. The molecule has 1 atom stereocenters. The van der Waals surface area contributed by atoms with Gasteiger partial charge in [0.15, 0.2) is 0 Å². The quantitative estimate of drug-likeness (QED) is 0.400. The minimum Gasteiger partial charge on any atom is -0.392 e. The van der Waals surface area contributed by atoms with Crippen molar-refractivity contribution < 1.29 is 9.90 Å². The van der Waals surface area contributed by atoms with Crippen LogP contribution in [0.3, 0.4) is 0 Å². The standard InChI is InChI=1S/C7H17N3O2/c1-6(11)5-9-3-4-10-7(12)8-2/h6,9,11H,3-5H2,1-2H3,(H2,8,10,12). The smallest absolute Gasteiger partial charge is 0.314 e. The summed E-state index contributed by atoms with van der Waals surface area (Å²) in [6, 6.07) is -0.186. The van der Waals surface area contributed by atoms with Gasteiger partial charge in [0, 0.05) is 26.7 Å². The van der Waals surface area contributed by atoms with E-state index in [1.54, 1.807) is 14.0 Å². The van der Waals surface area contributed by atoms with Crippen LogP contribution < -0.4 is 16.0 Å². The zero-order valence-electron chi connectivity index (χ0n) is 7.55. The van der Waals surface area contributed by atoms with Crippen molar-refractivity contribution in [2.24, 2.45) is 0 Å². The number of aliphatic hydroxyl groups is 1. The third-order valence-electron chi connectivity index (χ3n) is 1.25. The Morgan fingerprint density at radius 3 is 2.67 bits per heavy atom. The van der Waals surface area contributed by atoms with Crippen LogP contribution in [0.4, 0.5) is 4.79 Å². The van der Waals surface area contributed by atoms with E-state index in [4.69, 9.17) is 5.11 Å². The molecule has 0 rings (SSSR count). The average Bonchev–Trinajstić information content (AvgIpc) is 2.03. The third-order valence-corrected chi connectivity index (χ3v) is 1.25. The average molecular weight is 175 g/mol. The number of carbonyl (C=O) groups excluding carboxylic acids is 1. The number of hydrogen-bond acceptors (Lipinski definition) is 3. The monoisotopic (exact) mass is 175 g/mol. The summed E-state index contributed by atoms with van der Waals surface area (Å²) in [4.78, 5) is 10.6. The van der Waals surface area contributed by atoms with Gasteiger partial charge in [-0.05, 0) is 6.92 Å². The molecule has 12 heavy (non-hydrogen) atoms. The highest BCUT2D eigenvalue weighted by molar-refractivity contribution is 5.73. The molecule has 2 amide bonds. The predicted octanol–water partition coefficient (Wildman–Crippen LogP) is -1.11. The van der Waals surface area contributed by atoms with Crippen molar-refractivity contribution in [2.45, 2.75) is 13.0 Å².